The third kappa shape index (κ3) is 4.29. The van der Waals surface area contributed by atoms with Gasteiger partial charge in [-0.25, -0.2) is 4.99 Å². The zero-order valence-corrected chi connectivity index (χ0v) is 18.9. The van der Waals surface area contributed by atoms with Crippen LogP contribution < -0.4 is 5.32 Å². The number of carbonyl (C=O) groups is 2. The van der Waals surface area contributed by atoms with E-state index >= 15 is 0 Å². The first-order valence-electron chi connectivity index (χ1n) is 10.9. The number of dihydropyridines is 1. The minimum Gasteiger partial charge on any atom is -0.381 e. The zero-order valence-electron chi connectivity index (χ0n) is 18.1. The lowest BCUT2D eigenvalue weighted by molar-refractivity contribution is -0.120. The number of hydrogen-bond acceptors (Lipinski definition) is 5. The highest BCUT2D eigenvalue weighted by atomic mass is 32.1. The molecule has 0 saturated carbocycles. The Morgan fingerprint density at radius 1 is 1.27 bits per heavy atom. The lowest BCUT2D eigenvalue weighted by Crippen LogP contribution is -2.39. The minimum atomic E-state index is -0.366. The van der Waals surface area contributed by atoms with Crippen molar-refractivity contribution in [1.29, 1.82) is 0 Å². The molecule has 4 heterocycles. The van der Waals surface area contributed by atoms with Gasteiger partial charge in [-0.2, -0.15) is 0 Å². The van der Waals surface area contributed by atoms with Gasteiger partial charge in [0.05, 0.1) is 11.5 Å². The fourth-order valence-electron chi connectivity index (χ4n) is 4.96. The summed E-state index contributed by atoms with van der Waals surface area (Å²) in [7, 11) is 0. The summed E-state index contributed by atoms with van der Waals surface area (Å²) in [6.07, 6.45) is 6.46. The second-order valence-electron chi connectivity index (χ2n) is 8.62. The molecular weight excluding hydrogens is 398 g/mol. The quantitative estimate of drug-likeness (QED) is 0.775. The summed E-state index contributed by atoms with van der Waals surface area (Å²) < 4.78 is 5.54. The molecule has 1 N–H and O–H groups in total. The Bertz CT molecular complexity index is 882. The standard InChI is InChI=1S/C23H31N3O3S/c1-14-11-15(2)25-23(28)18(14)12-24-22(27)19-13-30-21(16(19)3)20-5-4-8-26(20)17-6-9-29-10-7-17/h11,13,17-18,20H,4-10,12H2,1-3H3,(H,24,27). The number of likely N-dealkylation sites (tertiary alicyclic amines) is 1. The van der Waals surface area contributed by atoms with Crippen molar-refractivity contribution in [3.63, 3.8) is 0 Å². The van der Waals surface area contributed by atoms with Gasteiger partial charge in [-0.3, -0.25) is 14.5 Å². The largest absolute Gasteiger partial charge is 0.381 e. The number of hydrogen-bond donors (Lipinski definition) is 1. The Morgan fingerprint density at radius 3 is 2.77 bits per heavy atom. The van der Waals surface area contributed by atoms with Crippen LogP contribution in [0.2, 0.25) is 0 Å². The topological polar surface area (TPSA) is 71.0 Å². The van der Waals surface area contributed by atoms with E-state index in [1.807, 2.05) is 25.3 Å². The van der Waals surface area contributed by atoms with Gasteiger partial charge in [-0.05, 0) is 64.6 Å². The predicted octanol–water partition coefficient (Wildman–Crippen LogP) is 3.67. The summed E-state index contributed by atoms with van der Waals surface area (Å²) in [5.74, 6) is -0.638. The van der Waals surface area contributed by atoms with Crippen molar-refractivity contribution in [2.45, 2.75) is 58.5 Å². The van der Waals surface area contributed by atoms with E-state index in [4.69, 9.17) is 4.74 Å². The van der Waals surface area contributed by atoms with Crippen LogP contribution in [0.25, 0.3) is 0 Å². The molecule has 4 rings (SSSR count). The molecule has 0 bridgehead atoms. The Hall–Kier alpha value is -1.83. The molecule has 0 aromatic carbocycles. The average molecular weight is 430 g/mol. The van der Waals surface area contributed by atoms with Crippen molar-refractivity contribution in [3.05, 3.63) is 33.0 Å². The summed E-state index contributed by atoms with van der Waals surface area (Å²) in [5, 5.41) is 4.95. The van der Waals surface area contributed by atoms with Crippen LogP contribution in [0.1, 0.15) is 66.4 Å². The molecular formula is C23H31N3O3S. The molecule has 0 aliphatic carbocycles. The number of nitrogens with zero attached hydrogens (tertiary/aromatic N) is 2. The van der Waals surface area contributed by atoms with E-state index in [1.54, 1.807) is 11.3 Å². The van der Waals surface area contributed by atoms with E-state index < -0.39 is 0 Å². The minimum absolute atomic E-state index is 0.0995. The van der Waals surface area contributed by atoms with Gasteiger partial charge < -0.3 is 10.1 Å². The van der Waals surface area contributed by atoms with Crippen LogP contribution in [-0.4, -0.2) is 54.8 Å². The molecule has 30 heavy (non-hydrogen) atoms. The second kappa shape index (κ2) is 9.12. The summed E-state index contributed by atoms with van der Waals surface area (Å²) >= 11 is 1.70. The van der Waals surface area contributed by atoms with Crippen molar-refractivity contribution in [1.82, 2.24) is 10.2 Å². The summed E-state index contributed by atoms with van der Waals surface area (Å²) in [6.45, 7) is 8.92. The van der Waals surface area contributed by atoms with Crippen LogP contribution in [0, 0.1) is 12.8 Å². The van der Waals surface area contributed by atoms with E-state index in [-0.39, 0.29) is 17.7 Å². The maximum atomic E-state index is 12.9. The maximum absolute atomic E-state index is 12.9. The number of aliphatic imine (C=N–C) groups is 1. The molecule has 2 amide bonds. The number of allylic oxidation sites excluding steroid dienone is 1. The van der Waals surface area contributed by atoms with E-state index in [0.717, 1.165) is 61.4 Å². The first-order valence-corrected chi connectivity index (χ1v) is 11.8. The smallest absolute Gasteiger partial charge is 0.254 e. The van der Waals surface area contributed by atoms with E-state index in [9.17, 15) is 9.59 Å². The molecule has 3 aliphatic heterocycles. The molecule has 0 spiro atoms. The van der Waals surface area contributed by atoms with Crippen LogP contribution in [0.3, 0.4) is 0 Å². The van der Waals surface area contributed by atoms with Crippen molar-refractivity contribution in [2.24, 2.45) is 10.9 Å². The van der Waals surface area contributed by atoms with Gasteiger partial charge >= 0.3 is 0 Å². The normalized spacial score (nSPS) is 25.9. The summed E-state index contributed by atoms with van der Waals surface area (Å²) in [5.41, 5.74) is 3.49. The van der Waals surface area contributed by atoms with Crippen molar-refractivity contribution in [2.75, 3.05) is 26.3 Å². The fraction of sp³-hybridized carbons (Fsp3) is 0.609. The second-order valence-corrected chi connectivity index (χ2v) is 9.53. The van der Waals surface area contributed by atoms with Gasteiger partial charge in [0.25, 0.3) is 11.8 Å². The summed E-state index contributed by atoms with van der Waals surface area (Å²) in [6, 6.07) is 0.989. The van der Waals surface area contributed by atoms with Gasteiger partial charge in [0.2, 0.25) is 0 Å². The molecule has 7 heteroatoms. The van der Waals surface area contributed by atoms with Crippen LogP contribution in [0.5, 0.6) is 0 Å². The predicted molar refractivity (Wildman–Crippen MR) is 119 cm³/mol. The Kier molecular flexibility index (Phi) is 6.51. The van der Waals surface area contributed by atoms with E-state index in [2.05, 4.69) is 22.1 Å². The molecule has 2 fully saturated rings. The number of thiophene rings is 1. The molecule has 2 saturated heterocycles. The number of rotatable bonds is 5. The zero-order chi connectivity index (χ0) is 21.3. The highest BCUT2D eigenvalue weighted by Crippen LogP contribution is 2.40. The SMILES string of the molecule is CC1=CC(C)=NC(=O)C1CNC(=O)c1csc(C2CCCN2C2CCOCC2)c1C. The average Bonchev–Trinajstić information content (AvgIpc) is 3.34. The lowest BCUT2D eigenvalue weighted by atomic mass is 9.95. The molecule has 2 atom stereocenters. The van der Waals surface area contributed by atoms with E-state index in [0.29, 0.717) is 18.6 Å². The van der Waals surface area contributed by atoms with Crippen LogP contribution in [0.4, 0.5) is 0 Å². The third-order valence-electron chi connectivity index (χ3n) is 6.62. The van der Waals surface area contributed by atoms with Crippen molar-refractivity contribution < 1.29 is 14.3 Å². The van der Waals surface area contributed by atoms with Crippen LogP contribution in [-0.2, 0) is 9.53 Å². The highest BCUT2D eigenvalue weighted by Gasteiger charge is 2.35. The molecule has 1 aromatic rings. The molecule has 0 radical (unpaired) electrons. The Balaban J connectivity index is 1.43. The number of amides is 2. The Morgan fingerprint density at radius 2 is 2.03 bits per heavy atom. The van der Waals surface area contributed by atoms with Crippen molar-refractivity contribution in [3.8, 4) is 0 Å². The maximum Gasteiger partial charge on any atom is 0.254 e. The summed E-state index contributed by atoms with van der Waals surface area (Å²) in [4.78, 5) is 33.1. The molecule has 3 aliphatic rings. The monoisotopic (exact) mass is 429 g/mol. The van der Waals surface area contributed by atoms with Gasteiger partial charge in [0.1, 0.15) is 0 Å². The number of nitrogens with one attached hydrogen (secondary N) is 1. The molecule has 1 aromatic heterocycles. The highest BCUT2D eigenvalue weighted by molar-refractivity contribution is 7.10. The molecule has 6 nitrogen and oxygen atoms in total. The van der Waals surface area contributed by atoms with Crippen molar-refractivity contribution >= 4 is 28.9 Å². The van der Waals surface area contributed by atoms with Gasteiger partial charge in [0, 0.05) is 47.8 Å². The first-order chi connectivity index (χ1) is 14.5. The van der Waals surface area contributed by atoms with Crippen LogP contribution >= 0.6 is 11.3 Å². The first kappa shape index (κ1) is 21.4. The van der Waals surface area contributed by atoms with Gasteiger partial charge in [-0.1, -0.05) is 5.57 Å². The van der Waals surface area contributed by atoms with Crippen LogP contribution in [0.15, 0.2) is 22.0 Å². The third-order valence-corrected chi connectivity index (χ3v) is 7.80. The molecule has 162 valence electrons. The number of carbonyl (C=O) groups excluding carboxylic acids is 2. The number of ether oxygens (including phenoxy) is 1. The van der Waals surface area contributed by atoms with Gasteiger partial charge in [0.15, 0.2) is 0 Å². The molecule has 2 unspecified atom stereocenters. The lowest BCUT2D eigenvalue weighted by Gasteiger charge is -2.35. The van der Waals surface area contributed by atoms with Gasteiger partial charge in [-0.15, -0.1) is 11.3 Å². The fourth-order valence-corrected chi connectivity index (χ4v) is 6.18. The van der Waals surface area contributed by atoms with E-state index in [1.165, 1.54) is 11.3 Å². The Labute approximate surface area is 182 Å².